The second-order valence-electron chi connectivity index (χ2n) is 6.38. The van der Waals surface area contributed by atoms with Crippen LogP contribution in [0.3, 0.4) is 0 Å². The summed E-state index contributed by atoms with van der Waals surface area (Å²) in [5.41, 5.74) is 0.463. The van der Waals surface area contributed by atoms with Gasteiger partial charge in [-0.15, -0.1) is 0 Å². The molecule has 0 saturated carbocycles. The summed E-state index contributed by atoms with van der Waals surface area (Å²) in [5.74, 6) is -1.22. The number of piperidine rings is 1. The number of hydrogen-bond donors (Lipinski definition) is 0. The highest BCUT2D eigenvalue weighted by Crippen LogP contribution is 2.38. The van der Waals surface area contributed by atoms with Crippen molar-refractivity contribution < 1.29 is 18.0 Å². The summed E-state index contributed by atoms with van der Waals surface area (Å²) in [6.07, 6.45) is -3.15. The maximum absolute atomic E-state index is 12.7. The zero-order valence-electron chi connectivity index (χ0n) is 12.3. The summed E-state index contributed by atoms with van der Waals surface area (Å²) in [7, 11) is 0. The minimum atomic E-state index is -4.11. The molecule has 1 aliphatic rings. The van der Waals surface area contributed by atoms with Gasteiger partial charge in [0.2, 0.25) is 0 Å². The molecule has 0 unspecified atom stereocenters. The maximum Gasteiger partial charge on any atom is 0.391 e. The number of aromatic nitrogens is 1. The van der Waals surface area contributed by atoms with Gasteiger partial charge >= 0.3 is 6.18 Å². The third-order valence-corrected chi connectivity index (χ3v) is 4.73. The molecule has 2 heterocycles. The van der Waals surface area contributed by atoms with Gasteiger partial charge < -0.3 is 4.90 Å². The monoisotopic (exact) mass is 320 g/mol. The van der Waals surface area contributed by atoms with Gasteiger partial charge in [0, 0.05) is 18.5 Å². The lowest BCUT2D eigenvalue weighted by Gasteiger charge is -2.32. The van der Waals surface area contributed by atoms with Crippen LogP contribution in [0.5, 0.6) is 0 Å². The topological polar surface area (TPSA) is 33.2 Å². The van der Waals surface area contributed by atoms with E-state index in [-0.39, 0.29) is 18.3 Å². The maximum atomic E-state index is 12.7. The van der Waals surface area contributed by atoms with Crippen LogP contribution in [-0.2, 0) is 5.41 Å². The number of aldehydes is 1. The van der Waals surface area contributed by atoms with Crippen molar-refractivity contribution in [2.45, 2.75) is 45.2 Å². The van der Waals surface area contributed by atoms with Crippen molar-refractivity contribution in [2.75, 3.05) is 18.0 Å². The quantitative estimate of drug-likeness (QED) is 0.771. The van der Waals surface area contributed by atoms with E-state index in [0.29, 0.717) is 23.1 Å². The van der Waals surface area contributed by atoms with Crippen LogP contribution in [0.2, 0.25) is 0 Å². The van der Waals surface area contributed by atoms with Crippen LogP contribution in [-0.4, -0.2) is 30.5 Å². The van der Waals surface area contributed by atoms with Crippen molar-refractivity contribution in [2.24, 2.45) is 5.92 Å². The van der Waals surface area contributed by atoms with E-state index in [1.165, 1.54) is 11.3 Å². The Labute approximate surface area is 126 Å². The molecule has 0 aromatic carbocycles. The van der Waals surface area contributed by atoms with Crippen LogP contribution in [0, 0.1) is 5.92 Å². The number of anilines is 1. The molecule has 2 rings (SSSR count). The van der Waals surface area contributed by atoms with E-state index in [1.807, 2.05) is 25.7 Å². The van der Waals surface area contributed by atoms with Crippen molar-refractivity contribution in [3.8, 4) is 0 Å². The van der Waals surface area contributed by atoms with E-state index in [2.05, 4.69) is 4.98 Å². The lowest BCUT2D eigenvalue weighted by atomic mass is 9.91. The van der Waals surface area contributed by atoms with Crippen LogP contribution in [0.25, 0.3) is 0 Å². The Kier molecular flexibility index (Phi) is 4.33. The van der Waals surface area contributed by atoms with Gasteiger partial charge in [0.05, 0.1) is 16.5 Å². The number of carbonyl (C=O) groups is 1. The van der Waals surface area contributed by atoms with E-state index in [4.69, 9.17) is 0 Å². The standard InChI is InChI=1S/C14H19F3N2OS/c1-13(2,3)11-10(8-20)21-12(18-11)19-6-4-9(5-7-19)14(15,16)17/h8-9H,4-7H2,1-3H3. The fourth-order valence-corrected chi connectivity index (χ4v) is 3.61. The number of hydrogen-bond acceptors (Lipinski definition) is 4. The number of halogens is 3. The SMILES string of the molecule is CC(C)(C)c1nc(N2CCC(C(F)(F)F)CC2)sc1C=O. The van der Waals surface area contributed by atoms with E-state index < -0.39 is 12.1 Å². The van der Waals surface area contributed by atoms with Gasteiger partial charge in [0.15, 0.2) is 11.4 Å². The first-order valence-corrected chi connectivity index (χ1v) is 7.72. The summed E-state index contributed by atoms with van der Waals surface area (Å²) in [6.45, 7) is 6.57. The second-order valence-corrected chi connectivity index (χ2v) is 7.39. The molecule has 1 aromatic rings. The summed E-state index contributed by atoms with van der Waals surface area (Å²) in [4.78, 5) is 18.1. The van der Waals surface area contributed by atoms with Crippen LogP contribution < -0.4 is 4.90 Å². The van der Waals surface area contributed by atoms with Gasteiger partial charge in [-0.25, -0.2) is 4.98 Å². The molecule has 0 spiro atoms. The molecule has 7 heteroatoms. The predicted octanol–water partition coefficient (Wildman–Crippen LogP) is 4.03. The molecule has 0 aliphatic carbocycles. The average Bonchev–Trinajstić information content (AvgIpc) is 2.82. The van der Waals surface area contributed by atoms with Gasteiger partial charge in [-0.2, -0.15) is 13.2 Å². The molecule has 1 aliphatic heterocycles. The lowest BCUT2D eigenvalue weighted by Crippen LogP contribution is -2.39. The fourth-order valence-electron chi connectivity index (χ4n) is 2.47. The fraction of sp³-hybridized carbons (Fsp3) is 0.714. The highest BCUT2D eigenvalue weighted by Gasteiger charge is 2.41. The van der Waals surface area contributed by atoms with Gasteiger partial charge in [-0.3, -0.25) is 4.79 Å². The first-order valence-electron chi connectivity index (χ1n) is 6.91. The van der Waals surface area contributed by atoms with Crippen molar-refractivity contribution in [1.29, 1.82) is 0 Å². The first-order chi connectivity index (χ1) is 9.63. The molecule has 21 heavy (non-hydrogen) atoms. The largest absolute Gasteiger partial charge is 0.391 e. The van der Waals surface area contributed by atoms with Crippen LogP contribution >= 0.6 is 11.3 Å². The Bertz CT molecular complexity index is 511. The minimum absolute atomic E-state index is 0.0877. The minimum Gasteiger partial charge on any atom is -0.348 e. The molecule has 0 N–H and O–H groups in total. The molecule has 1 aromatic heterocycles. The number of carbonyl (C=O) groups excluding carboxylic acids is 1. The predicted molar refractivity (Wildman–Crippen MR) is 77.2 cm³/mol. The average molecular weight is 320 g/mol. The molecule has 118 valence electrons. The molecular formula is C14H19F3N2OS. The summed E-state index contributed by atoms with van der Waals surface area (Å²) in [5, 5.41) is 0.655. The summed E-state index contributed by atoms with van der Waals surface area (Å²) < 4.78 is 38.0. The highest BCUT2D eigenvalue weighted by molar-refractivity contribution is 7.17. The van der Waals surface area contributed by atoms with Crippen LogP contribution in [0.1, 0.15) is 49.0 Å². The number of nitrogens with zero attached hydrogens (tertiary/aromatic N) is 2. The van der Waals surface area contributed by atoms with Gasteiger partial charge in [0.25, 0.3) is 0 Å². The van der Waals surface area contributed by atoms with Crippen LogP contribution in [0.4, 0.5) is 18.3 Å². The zero-order valence-corrected chi connectivity index (χ0v) is 13.1. The first kappa shape index (κ1) is 16.3. The molecule has 0 radical (unpaired) electrons. The van der Waals surface area contributed by atoms with Crippen molar-refractivity contribution >= 4 is 22.8 Å². The van der Waals surface area contributed by atoms with Crippen molar-refractivity contribution in [3.63, 3.8) is 0 Å². The van der Waals surface area contributed by atoms with E-state index in [9.17, 15) is 18.0 Å². The molecule has 1 saturated heterocycles. The molecule has 1 fully saturated rings. The van der Waals surface area contributed by atoms with Crippen molar-refractivity contribution in [3.05, 3.63) is 10.6 Å². The number of thiazole rings is 1. The Morgan fingerprint density at radius 1 is 1.24 bits per heavy atom. The molecule has 3 nitrogen and oxygen atoms in total. The third-order valence-electron chi connectivity index (χ3n) is 3.69. The third kappa shape index (κ3) is 3.56. The second kappa shape index (κ2) is 5.59. The highest BCUT2D eigenvalue weighted by atomic mass is 32.1. The zero-order chi connectivity index (χ0) is 15.8. The Balaban J connectivity index is 2.14. The summed E-state index contributed by atoms with van der Waals surface area (Å²) >= 11 is 1.27. The van der Waals surface area contributed by atoms with Gasteiger partial charge in [-0.1, -0.05) is 32.1 Å². The van der Waals surface area contributed by atoms with Gasteiger partial charge in [-0.05, 0) is 12.8 Å². The van der Waals surface area contributed by atoms with E-state index in [1.54, 1.807) is 0 Å². The molecule has 0 amide bonds. The number of alkyl halides is 3. The molecule has 0 atom stereocenters. The normalized spacial score (nSPS) is 18.1. The molecular weight excluding hydrogens is 301 g/mol. The van der Waals surface area contributed by atoms with E-state index >= 15 is 0 Å². The number of rotatable bonds is 2. The van der Waals surface area contributed by atoms with Crippen molar-refractivity contribution in [1.82, 2.24) is 4.98 Å². The Morgan fingerprint density at radius 3 is 2.19 bits per heavy atom. The van der Waals surface area contributed by atoms with E-state index in [0.717, 1.165) is 12.0 Å². The Morgan fingerprint density at radius 2 is 1.81 bits per heavy atom. The Hall–Kier alpha value is -1.11. The molecule has 0 bridgehead atoms. The van der Waals surface area contributed by atoms with Crippen LogP contribution in [0.15, 0.2) is 0 Å². The smallest absolute Gasteiger partial charge is 0.348 e. The lowest BCUT2D eigenvalue weighted by molar-refractivity contribution is -0.179. The van der Waals surface area contributed by atoms with Gasteiger partial charge in [0.1, 0.15) is 0 Å². The summed E-state index contributed by atoms with van der Waals surface area (Å²) in [6, 6.07) is 0.